The van der Waals surface area contributed by atoms with E-state index in [1.807, 2.05) is 54.6 Å². The largest absolute Gasteiger partial charge is 0.457 e. The lowest BCUT2D eigenvalue weighted by Gasteiger charge is -2.26. The number of esters is 1. The van der Waals surface area contributed by atoms with Crippen LogP contribution in [0.2, 0.25) is 0 Å². The Hall–Kier alpha value is -3.68. The van der Waals surface area contributed by atoms with E-state index in [-0.39, 0.29) is 6.61 Å². The van der Waals surface area contributed by atoms with E-state index in [1.165, 1.54) is 5.56 Å². The molecule has 4 rings (SSSR count). The van der Waals surface area contributed by atoms with Crippen molar-refractivity contribution in [1.82, 2.24) is 4.90 Å². The van der Waals surface area contributed by atoms with E-state index in [2.05, 4.69) is 10.2 Å². The molecule has 0 aliphatic carbocycles. The minimum absolute atomic E-state index is 0.343. The Kier molecular flexibility index (Phi) is 7.68. The van der Waals surface area contributed by atoms with Crippen molar-refractivity contribution >= 4 is 17.6 Å². The Morgan fingerprint density at radius 1 is 0.848 bits per heavy atom. The lowest BCUT2D eigenvalue weighted by molar-refractivity contribution is -0.119. The SMILES string of the molecule is O=C(COC(=O)c1ccc(Oc2ccccc2)cc1)Nc1ccc(CN2CCOCC2)cc1. The number of benzene rings is 3. The maximum Gasteiger partial charge on any atom is 0.338 e. The van der Waals surface area contributed by atoms with E-state index in [0.29, 0.717) is 22.7 Å². The molecule has 0 spiro atoms. The molecule has 170 valence electrons. The molecule has 0 bridgehead atoms. The first-order valence-corrected chi connectivity index (χ1v) is 10.8. The molecule has 1 fully saturated rings. The minimum Gasteiger partial charge on any atom is -0.457 e. The van der Waals surface area contributed by atoms with Crippen LogP contribution in [0.1, 0.15) is 15.9 Å². The highest BCUT2D eigenvalue weighted by Gasteiger charge is 2.12. The van der Waals surface area contributed by atoms with Gasteiger partial charge in [0.1, 0.15) is 11.5 Å². The van der Waals surface area contributed by atoms with Gasteiger partial charge in [-0.25, -0.2) is 4.79 Å². The number of rotatable bonds is 8. The van der Waals surface area contributed by atoms with E-state index < -0.39 is 11.9 Å². The summed E-state index contributed by atoms with van der Waals surface area (Å²) in [7, 11) is 0. The maximum atomic E-state index is 12.2. The zero-order chi connectivity index (χ0) is 22.9. The molecule has 0 unspecified atom stereocenters. The fourth-order valence-electron chi connectivity index (χ4n) is 3.41. The Balaban J connectivity index is 1.21. The van der Waals surface area contributed by atoms with Crippen molar-refractivity contribution in [3.63, 3.8) is 0 Å². The average molecular weight is 447 g/mol. The highest BCUT2D eigenvalue weighted by Crippen LogP contribution is 2.21. The van der Waals surface area contributed by atoms with Crippen LogP contribution in [0, 0.1) is 0 Å². The summed E-state index contributed by atoms with van der Waals surface area (Å²) >= 11 is 0. The summed E-state index contributed by atoms with van der Waals surface area (Å²) in [4.78, 5) is 26.8. The number of carbonyl (C=O) groups excluding carboxylic acids is 2. The Morgan fingerprint density at radius 2 is 1.52 bits per heavy atom. The van der Waals surface area contributed by atoms with E-state index in [0.717, 1.165) is 32.8 Å². The number of carbonyl (C=O) groups is 2. The average Bonchev–Trinajstić information content (AvgIpc) is 2.85. The Bertz CT molecular complexity index is 1050. The third kappa shape index (κ3) is 6.90. The number of amides is 1. The summed E-state index contributed by atoms with van der Waals surface area (Å²) in [5.41, 5.74) is 2.17. The molecule has 1 aliphatic rings. The Labute approximate surface area is 192 Å². The van der Waals surface area contributed by atoms with Crippen molar-refractivity contribution in [2.75, 3.05) is 38.2 Å². The number of anilines is 1. The van der Waals surface area contributed by atoms with E-state index in [4.69, 9.17) is 14.2 Å². The van der Waals surface area contributed by atoms with Crippen LogP contribution < -0.4 is 10.1 Å². The zero-order valence-electron chi connectivity index (χ0n) is 18.2. The van der Waals surface area contributed by atoms with Crippen LogP contribution in [-0.4, -0.2) is 49.7 Å². The fraction of sp³-hybridized carbons (Fsp3) is 0.231. The first-order valence-electron chi connectivity index (χ1n) is 10.8. The second-order valence-electron chi connectivity index (χ2n) is 7.65. The monoisotopic (exact) mass is 446 g/mol. The molecule has 0 aromatic heterocycles. The molecule has 33 heavy (non-hydrogen) atoms. The van der Waals surface area contributed by atoms with Crippen LogP contribution in [0.15, 0.2) is 78.9 Å². The van der Waals surface area contributed by atoms with Crippen LogP contribution >= 0.6 is 0 Å². The molecule has 0 radical (unpaired) electrons. The number of nitrogens with zero attached hydrogens (tertiary/aromatic N) is 1. The summed E-state index contributed by atoms with van der Waals surface area (Å²) in [6.07, 6.45) is 0. The molecule has 1 amide bonds. The second kappa shape index (κ2) is 11.3. The van der Waals surface area contributed by atoms with Crippen molar-refractivity contribution in [1.29, 1.82) is 0 Å². The van der Waals surface area contributed by atoms with Gasteiger partial charge in [-0.15, -0.1) is 0 Å². The summed E-state index contributed by atoms with van der Waals surface area (Å²) in [6.45, 7) is 3.86. The number of ether oxygens (including phenoxy) is 3. The van der Waals surface area contributed by atoms with Crippen LogP contribution in [0.4, 0.5) is 5.69 Å². The highest BCUT2D eigenvalue weighted by atomic mass is 16.5. The standard InChI is InChI=1S/C26H26N2O5/c29-25(27-22-10-6-20(7-11-22)18-28-14-16-31-17-15-28)19-32-26(30)21-8-12-24(13-9-21)33-23-4-2-1-3-5-23/h1-13H,14-19H2,(H,27,29). The summed E-state index contributed by atoms with van der Waals surface area (Å²) in [5.74, 6) is 0.344. The number of para-hydroxylation sites is 1. The van der Waals surface area contributed by atoms with Crippen LogP contribution in [-0.2, 0) is 20.8 Å². The molecule has 1 saturated heterocycles. The molecule has 0 saturated carbocycles. The molecule has 1 aliphatic heterocycles. The first-order chi connectivity index (χ1) is 16.2. The van der Waals surface area contributed by atoms with Crippen molar-refractivity contribution in [3.05, 3.63) is 90.0 Å². The Morgan fingerprint density at radius 3 is 2.21 bits per heavy atom. The van der Waals surface area contributed by atoms with Gasteiger partial charge in [0.2, 0.25) is 0 Å². The fourth-order valence-corrected chi connectivity index (χ4v) is 3.41. The van der Waals surface area contributed by atoms with E-state index in [9.17, 15) is 9.59 Å². The molecular formula is C26H26N2O5. The van der Waals surface area contributed by atoms with Gasteiger partial charge in [-0.3, -0.25) is 9.69 Å². The van der Waals surface area contributed by atoms with Crippen molar-refractivity contribution in [3.8, 4) is 11.5 Å². The van der Waals surface area contributed by atoms with E-state index in [1.54, 1.807) is 24.3 Å². The molecule has 7 nitrogen and oxygen atoms in total. The maximum absolute atomic E-state index is 12.2. The molecule has 1 heterocycles. The van der Waals surface area contributed by atoms with Gasteiger partial charge < -0.3 is 19.5 Å². The third-order valence-corrected chi connectivity index (χ3v) is 5.15. The summed E-state index contributed by atoms with van der Waals surface area (Å²) in [6, 6.07) is 23.6. The van der Waals surface area contributed by atoms with Gasteiger partial charge in [0.05, 0.1) is 18.8 Å². The predicted octanol–water partition coefficient (Wildman–Crippen LogP) is 4.11. The van der Waals surface area contributed by atoms with Crippen molar-refractivity contribution in [2.24, 2.45) is 0 Å². The quantitative estimate of drug-likeness (QED) is 0.525. The first kappa shape index (κ1) is 22.5. The normalized spacial score (nSPS) is 13.8. The van der Waals surface area contributed by atoms with Gasteiger partial charge in [0, 0.05) is 25.3 Å². The molecule has 7 heteroatoms. The molecular weight excluding hydrogens is 420 g/mol. The number of nitrogens with one attached hydrogen (secondary N) is 1. The van der Waals surface area contributed by atoms with Crippen LogP contribution in [0.25, 0.3) is 0 Å². The number of hydrogen-bond acceptors (Lipinski definition) is 6. The minimum atomic E-state index is -0.572. The van der Waals surface area contributed by atoms with E-state index >= 15 is 0 Å². The second-order valence-corrected chi connectivity index (χ2v) is 7.65. The zero-order valence-corrected chi connectivity index (χ0v) is 18.2. The number of morpholine rings is 1. The van der Waals surface area contributed by atoms with Crippen LogP contribution in [0.3, 0.4) is 0 Å². The summed E-state index contributed by atoms with van der Waals surface area (Å²) < 4.78 is 16.2. The van der Waals surface area contributed by atoms with Gasteiger partial charge in [0.15, 0.2) is 6.61 Å². The molecule has 3 aromatic rings. The van der Waals surface area contributed by atoms with Crippen LogP contribution in [0.5, 0.6) is 11.5 Å². The molecule has 3 aromatic carbocycles. The third-order valence-electron chi connectivity index (χ3n) is 5.15. The van der Waals surface area contributed by atoms with Gasteiger partial charge in [0.25, 0.3) is 5.91 Å². The number of hydrogen-bond donors (Lipinski definition) is 1. The van der Waals surface area contributed by atoms with Gasteiger partial charge >= 0.3 is 5.97 Å². The molecule has 1 N–H and O–H groups in total. The lowest BCUT2D eigenvalue weighted by atomic mass is 10.2. The van der Waals surface area contributed by atoms with Gasteiger partial charge in [-0.1, -0.05) is 30.3 Å². The van der Waals surface area contributed by atoms with Gasteiger partial charge in [-0.2, -0.15) is 0 Å². The summed E-state index contributed by atoms with van der Waals surface area (Å²) in [5, 5.41) is 2.75. The predicted molar refractivity (Wildman–Crippen MR) is 124 cm³/mol. The molecule has 0 atom stereocenters. The highest BCUT2D eigenvalue weighted by molar-refractivity contribution is 5.95. The smallest absolute Gasteiger partial charge is 0.338 e. The van der Waals surface area contributed by atoms with Crippen molar-refractivity contribution < 1.29 is 23.8 Å². The lowest BCUT2D eigenvalue weighted by Crippen LogP contribution is -2.35. The topological polar surface area (TPSA) is 77.1 Å². The van der Waals surface area contributed by atoms with Crippen molar-refractivity contribution in [2.45, 2.75) is 6.54 Å². The van der Waals surface area contributed by atoms with Gasteiger partial charge in [-0.05, 0) is 54.1 Å².